The van der Waals surface area contributed by atoms with Crippen LogP contribution >= 0.6 is 11.3 Å². The average molecular weight is 399 g/mol. The number of pyridine rings is 1. The van der Waals surface area contributed by atoms with Crippen LogP contribution in [0.15, 0.2) is 47.4 Å². The smallest absolute Gasteiger partial charge is 0.199 e. The van der Waals surface area contributed by atoms with Crippen molar-refractivity contribution in [3.8, 4) is 10.6 Å². The number of halogens is 2. The summed E-state index contributed by atoms with van der Waals surface area (Å²) in [4.78, 5) is 19.6. The number of nitrogens with zero attached hydrogens (tertiary/aromatic N) is 3. The molecule has 2 aromatic heterocycles. The molecule has 0 radical (unpaired) electrons. The van der Waals surface area contributed by atoms with Crippen molar-refractivity contribution >= 4 is 32.5 Å². The lowest BCUT2D eigenvalue weighted by Crippen LogP contribution is -2.17. The van der Waals surface area contributed by atoms with E-state index in [2.05, 4.69) is 9.88 Å². The summed E-state index contributed by atoms with van der Waals surface area (Å²) in [7, 11) is 3.99. The lowest BCUT2D eigenvalue weighted by atomic mass is 10.1. The summed E-state index contributed by atoms with van der Waals surface area (Å²) in [5.74, 6) is -0.740. The lowest BCUT2D eigenvalue weighted by Gasteiger charge is -2.15. The monoisotopic (exact) mass is 399 g/mol. The minimum absolute atomic E-state index is 0.196. The highest BCUT2D eigenvalue weighted by Gasteiger charge is 2.15. The van der Waals surface area contributed by atoms with Gasteiger partial charge in [-0.3, -0.25) is 4.79 Å². The summed E-state index contributed by atoms with van der Waals surface area (Å²) in [6.07, 6.45) is 2.60. The highest BCUT2D eigenvalue weighted by atomic mass is 32.1. The highest BCUT2D eigenvalue weighted by molar-refractivity contribution is 7.21. The van der Waals surface area contributed by atoms with E-state index >= 15 is 0 Å². The minimum Gasteiger partial charge on any atom is -0.346 e. The Morgan fingerprint density at radius 3 is 2.64 bits per heavy atom. The van der Waals surface area contributed by atoms with Gasteiger partial charge in [0, 0.05) is 24.2 Å². The second-order valence-electron chi connectivity index (χ2n) is 7.01. The SMILES string of the molecule is CN(C)CCCn1cc(-c2nc3cc(F)ccc3s2)c(=O)c2ccc(F)cc21. The third kappa shape index (κ3) is 3.55. The highest BCUT2D eigenvalue weighted by Crippen LogP contribution is 2.30. The van der Waals surface area contributed by atoms with E-state index in [1.165, 1.54) is 41.7 Å². The summed E-state index contributed by atoms with van der Waals surface area (Å²) in [6, 6.07) is 8.62. The van der Waals surface area contributed by atoms with E-state index in [-0.39, 0.29) is 17.1 Å². The van der Waals surface area contributed by atoms with E-state index in [1.807, 2.05) is 18.7 Å². The van der Waals surface area contributed by atoms with Gasteiger partial charge in [0.2, 0.25) is 0 Å². The second kappa shape index (κ2) is 7.41. The first kappa shape index (κ1) is 18.7. The summed E-state index contributed by atoms with van der Waals surface area (Å²) in [5.41, 5.74) is 1.35. The van der Waals surface area contributed by atoms with Gasteiger partial charge >= 0.3 is 0 Å². The molecule has 0 aliphatic heterocycles. The first-order chi connectivity index (χ1) is 13.4. The summed E-state index contributed by atoms with van der Waals surface area (Å²) in [5, 5.41) is 0.993. The van der Waals surface area contributed by atoms with E-state index in [1.54, 1.807) is 12.3 Å². The third-order valence-electron chi connectivity index (χ3n) is 4.63. The van der Waals surface area contributed by atoms with E-state index in [9.17, 15) is 13.6 Å². The van der Waals surface area contributed by atoms with Crippen molar-refractivity contribution in [1.29, 1.82) is 0 Å². The summed E-state index contributed by atoms with van der Waals surface area (Å²) >= 11 is 1.35. The molecule has 0 N–H and O–H groups in total. The molecule has 0 fully saturated rings. The molecule has 0 saturated carbocycles. The first-order valence-electron chi connectivity index (χ1n) is 8.96. The second-order valence-corrected chi connectivity index (χ2v) is 8.05. The van der Waals surface area contributed by atoms with Gasteiger partial charge in [0.25, 0.3) is 0 Å². The van der Waals surface area contributed by atoms with E-state index < -0.39 is 0 Å². The average Bonchev–Trinajstić information content (AvgIpc) is 3.06. The number of hydrogen-bond acceptors (Lipinski definition) is 4. The Morgan fingerprint density at radius 2 is 1.86 bits per heavy atom. The Bertz CT molecular complexity index is 1230. The van der Waals surface area contributed by atoms with Crippen molar-refractivity contribution < 1.29 is 8.78 Å². The number of aromatic nitrogens is 2. The Kier molecular flexibility index (Phi) is 4.95. The van der Waals surface area contributed by atoms with Gasteiger partial charge in [-0.2, -0.15) is 0 Å². The molecule has 0 saturated heterocycles. The fourth-order valence-corrected chi connectivity index (χ4v) is 4.23. The van der Waals surface area contributed by atoms with Crippen LogP contribution in [-0.4, -0.2) is 35.1 Å². The number of hydrogen-bond donors (Lipinski definition) is 0. The van der Waals surface area contributed by atoms with Crippen molar-refractivity contribution in [2.45, 2.75) is 13.0 Å². The molecule has 2 heterocycles. The molecular formula is C21H19F2N3OS. The molecule has 4 aromatic rings. The lowest BCUT2D eigenvalue weighted by molar-refractivity contribution is 0.387. The molecule has 0 bridgehead atoms. The van der Waals surface area contributed by atoms with Crippen LogP contribution in [0.4, 0.5) is 8.78 Å². The number of thiazole rings is 1. The van der Waals surface area contributed by atoms with Crippen LogP contribution in [0.5, 0.6) is 0 Å². The van der Waals surface area contributed by atoms with Gasteiger partial charge in [0.15, 0.2) is 5.43 Å². The molecule has 0 unspecified atom stereocenters. The van der Waals surface area contributed by atoms with Gasteiger partial charge in [0.1, 0.15) is 16.6 Å². The van der Waals surface area contributed by atoms with Crippen LogP contribution in [0.3, 0.4) is 0 Å². The molecule has 0 amide bonds. The van der Waals surface area contributed by atoms with Crippen molar-refractivity contribution in [2.24, 2.45) is 0 Å². The zero-order chi connectivity index (χ0) is 19.8. The first-order valence-corrected chi connectivity index (χ1v) is 9.78. The maximum absolute atomic E-state index is 13.8. The predicted molar refractivity (Wildman–Crippen MR) is 110 cm³/mol. The molecule has 7 heteroatoms. The zero-order valence-corrected chi connectivity index (χ0v) is 16.4. The Labute approximate surface area is 164 Å². The summed E-state index contributed by atoms with van der Waals surface area (Å²) in [6.45, 7) is 1.52. The predicted octanol–water partition coefficient (Wildman–Crippen LogP) is 4.51. The Hall–Kier alpha value is -2.64. The number of benzene rings is 2. The Morgan fingerprint density at radius 1 is 1.11 bits per heavy atom. The molecule has 0 spiro atoms. The number of fused-ring (bicyclic) bond motifs is 2. The summed E-state index contributed by atoms with van der Waals surface area (Å²) < 4.78 is 30.1. The molecule has 4 nitrogen and oxygen atoms in total. The molecule has 2 aromatic carbocycles. The zero-order valence-electron chi connectivity index (χ0n) is 15.6. The largest absolute Gasteiger partial charge is 0.346 e. The fourth-order valence-electron chi connectivity index (χ4n) is 3.27. The molecule has 0 atom stereocenters. The van der Waals surface area contributed by atoms with Crippen molar-refractivity contribution in [2.75, 3.05) is 20.6 Å². The molecule has 144 valence electrons. The van der Waals surface area contributed by atoms with Gasteiger partial charge < -0.3 is 9.47 Å². The van der Waals surface area contributed by atoms with E-state index in [0.29, 0.717) is 33.5 Å². The third-order valence-corrected chi connectivity index (χ3v) is 5.70. The van der Waals surface area contributed by atoms with Crippen LogP contribution in [-0.2, 0) is 6.54 Å². The molecule has 28 heavy (non-hydrogen) atoms. The van der Waals surface area contributed by atoms with Gasteiger partial charge in [-0.15, -0.1) is 11.3 Å². The standard InChI is InChI=1S/C21H19F2N3OS/c1-25(2)8-3-9-26-12-16(20(27)15-6-4-14(23)11-18(15)26)21-24-17-10-13(22)5-7-19(17)28-21/h4-7,10-12H,3,8-9H2,1-2H3. The molecule has 0 aliphatic carbocycles. The number of aryl methyl sites for hydroxylation is 1. The van der Waals surface area contributed by atoms with Crippen molar-refractivity contribution in [1.82, 2.24) is 14.5 Å². The van der Waals surface area contributed by atoms with Crippen LogP contribution in [0.1, 0.15) is 6.42 Å². The molecule has 4 rings (SSSR count). The fraction of sp³-hybridized carbons (Fsp3) is 0.238. The molecule has 0 aliphatic rings. The van der Waals surface area contributed by atoms with Gasteiger partial charge in [-0.25, -0.2) is 13.8 Å². The quantitative estimate of drug-likeness (QED) is 0.496. The van der Waals surface area contributed by atoms with Crippen LogP contribution in [0, 0.1) is 11.6 Å². The number of rotatable bonds is 5. The molecular weight excluding hydrogens is 380 g/mol. The van der Waals surface area contributed by atoms with Crippen LogP contribution in [0.2, 0.25) is 0 Å². The normalized spacial score (nSPS) is 11.8. The van der Waals surface area contributed by atoms with Crippen LogP contribution < -0.4 is 5.43 Å². The van der Waals surface area contributed by atoms with E-state index in [4.69, 9.17) is 0 Å². The Balaban J connectivity index is 1.88. The van der Waals surface area contributed by atoms with Crippen molar-refractivity contribution in [3.63, 3.8) is 0 Å². The topological polar surface area (TPSA) is 38.1 Å². The van der Waals surface area contributed by atoms with Crippen LogP contribution in [0.25, 0.3) is 31.7 Å². The van der Waals surface area contributed by atoms with Crippen molar-refractivity contribution in [3.05, 3.63) is 64.5 Å². The maximum Gasteiger partial charge on any atom is 0.199 e. The maximum atomic E-state index is 13.8. The van der Waals surface area contributed by atoms with E-state index in [0.717, 1.165) is 17.7 Å². The van der Waals surface area contributed by atoms with Gasteiger partial charge in [-0.1, -0.05) is 0 Å². The van der Waals surface area contributed by atoms with Gasteiger partial charge in [-0.05, 0) is 57.4 Å². The minimum atomic E-state index is -0.378. The van der Waals surface area contributed by atoms with Gasteiger partial charge in [0.05, 0.1) is 21.3 Å².